The van der Waals surface area contributed by atoms with Crippen LogP contribution in [-0.4, -0.2) is 28.8 Å². The van der Waals surface area contributed by atoms with Crippen molar-refractivity contribution >= 4 is 18.4 Å². The molecule has 3 N–H and O–H groups in total. The van der Waals surface area contributed by atoms with Crippen LogP contribution in [0.15, 0.2) is 0 Å². The molecule has 80 valence electrons. The van der Waals surface area contributed by atoms with Crippen molar-refractivity contribution in [2.45, 2.75) is 45.4 Å². The quantitative estimate of drug-likeness (QED) is 0.731. The summed E-state index contributed by atoms with van der Waals surface area (Å²) in [4.78, 5) is 10.4. The number of carboxylic acids is 1. The minimum absolute atomic E-state index is 0. The fourth-order valence-electron chi connectivity index (χ4n) is 0.832. The van der Waals surface area contributed by atoms with Crippen molar-refractivity contribution in [2.75, 3.05) is 0 Å². The third-order valence-electron chi connectivity index (χ3n) is 1.33. The van der Waals surface area contributed by atoms with E-state index in [1.54, 1.807) is 6.92 Å². The number of carbonyl (C=O) groups is 1. The van der Waals surface area contributed by atoms with Gasteiger partial charge in [0.2, 0.25) is 0 Å². The van der Waals surface area contributed by atoms with Crippen LogP contribution in [0.3, 0.4) is 0 Å². The highest BCUT2D eigenvalue weighted by atomic mass is 35.5. The lowest BCUT2D eigenvalue weighted by Crippen LogP contribution is -2.44. The first-order chi connectivity index (χ1) is 5.24. The van der Waals surface area contributed by atoms with Crippen LogP contribution in [0.4, 0.5) is 0 Å². The molecule has 0 heterocycles. The predicted octanol–water partition coefficient (Wildman–Crippen LogP) is 1.02. The molecule has 0 aromatic rings. The van der Waals surface area contributed by atoms with E-state index < -0.39 is 18.1 Å². The summed E-state index contributed by atoms with van der Waals surface area (Å²) in [6.07, 6.45) is -0.470. The molecule has 0 rings (SSSR count). The van der Waals surface area contributed by atoms with E-state index in [-0.39, 0.29) is 18.0 Å². The molecule has 0 amide bonds. The second-order valence-electron chi connectivity index (χ2n) is 3.80. The maximum atomic E-state index is 10.4. The topological polar surface area (TPSA) is 72.5 Å². The highest BCUT2D eigenvalue weighted by molar-refractivity contribution is 5.85. The normalized spacial score (nSPS) is 15.8. The molecule has 0 aromatic heterocycles. The number of hydrogen-bond donors (Lipinski definition) is 2. The number of ether oxygens (including phenoxy) is 1. The van der Waals surface area contributed by atoms with Crippen LogP contribution >= 0.6 is 12.4 Å². The average molecular weight is 212 g/mol. The summed E-state index contributed by atoms with van der Waals surface area (Å²) < 4.78 is 5.35. The third kappa shape index (κ3) is 6.81. The minimum atomic E-state index is -1.04. The van der Waals surface area contributed by atoms with Crippen LogP contribution in [0, 0.1) is 0 Å². The SMILES string of the molecule is C[C@@H](OC(C)(C)C)[C@@H](N)C(=O)O.Cl. The molecule has 4 nitrogen and oxygen atoms in total. The molecule has 0 saturated carbocycles. The van der Waals surface area contributed by atoms with Crippen molar-refractivity contribution in [1.29, 1.82) is 0 Å². The van der Waals surface area contributed by atoms with Gasteiger partial charge in [0.1, 0.15) is 6.04 Å². The van der Waals surface area contributed by atoms with Crippen LogP contribution in [-0.2, 0) is 9.53 Å². The molecular weight excluding hydrogens is 194 g/mol. The average Bonchev–Trinajstić information content (AvgIpc) is 1.82. The lowest BCUT2D eigenvalue weighted by Gasteiger charge is -2.26. The molecule has 0 radical (unpaired) electrons. The Kier molecular flexibility index (Phi) is 6.32. The van der Waals surface area contributed by atoms with Crippen molar-refractivity contribution in [3.63, 3.8) is 0 Å². The second kappa shape index (κ2) is 5.42. The molecule has 2 atom stereocenters. The van der Waals surface area contributed by atoms with Gasteiger partial charge in [-0.15, -0.1) is 12.4 Å². The number of nitrogens with two attached hydrogens (primary N) is 1. The van der Waals surface area contributed by atoms with Gasteiger partial charge in [0.15, 0.2) is 0 Å². The van der Waals surface area contributed by atoms with E-state index in [1.807, 2.05) is 20.8 Å². The van der Waals surface area contributed by atoms with Crippen LogP contribution in [0.25, 0.3) is 0 Å². The lowest BCUT2D eigenvalue weighted by molar-refractivity contribution is -0.145. The molecule has 0 bridgehead atoms. The summed E-state index contributed by atoms with van der Waals surface area (Å²) in [5.41, 5.74) is 4.99. The van der Waals surface area contributed by atoms with Gasteiger partial charge < -0.3 is 15.6 Å². The number of halogens is 1. The fraction of sp³-hybridized carbons (Fsp3) is 0.875. The summed E-state index contributed by atoms with van der Waals surface area (Å²) in [5.74, 6) is -1.04. The van der Waals surface area contributed by atoms with Crippen molar-refractivity contribution in [2.24, 2.45) is 5.73 Å². The molecule has 0 aromatic carbocycles. The van der Waals surface area contributed by atoms with E-state index in [4.69, 9.17) is 15.6 Å². The molecule has 0 aliphatic carbocycles. The smallest absolute Gasteiger partial charge is 0.323 e. The summed E-state index contributed by atoms with van der Waals surface area (Å²) in [7, 11) is 0. The standard InChI is InChI=1S/C8H17NO3.ClH/c1-5(6(9)7(10)11)12-8(2,3)4;/h5-6H,9H2,1-4H3,(H,10,11);1H/t5-,6-;/m1./s1. The molecule has 0 fully saturated rings. The Hall–Kier alpha value is -0.320. The molecule has 0 saturated heterocycles. The van der Waals surface area contributed by atoms with Gasteiger partial charge in [-0.05, 0) is 27.7 Å². The van der Waals surface area contributed by atoms with Gasteiger partial charge in [0, 0.05) is 0 Å². The molecule has 0 spiro atoms. The van der Waals surface area contributed by atoms with Gasteiger partial charge in [-0.2, -0.15) is 0 Å². The summed E-state index contributed by atoms with van der Waals surface area (Å²) in [6, 6.07) is -0.954. The Morgan fingerprint density at radius 3 is 2.08 bits per heavy atom. The first-order valence-corrected chi connectivity index (χ1v) is 3.90. The van der Waals surface area contributed by atoms with Gasteiger partial charge in [0.05, 0.1) is 11.7 Å². The highest BCUT2D eigenvalue weighted by Gasteiger charge is 2.24. The number of hydrogen-bond acceptors (Lipinski definition) is 3. The minimum Gasteiger partial charge on any atom is -0.480 e. The lowest BCUT2D eigenvalue weighted by atomic mass is 10.1. The molecule has 0 aliphatic rings. The van der Waals surface area contributed by atoms with Gasteiger partial charge in [-0.1, -0.05) is 0 Å². The van der Waals surface area contributed by atoms with E-state index in [9.17, 15) is 4.79 Å². The van der Waals surface area contributed by atoms with Crippen molar-refractivity contribution < 1.29 is 14.6 Å². The maximum absolute atomic E-state index is 10.4. The first-order valence-electron chi connectivity index (χ1n) is 3.90. The zero-order valence-electron chi connectivity index (χ0n) is 8.40. The van der Waals surface area contributed by atoms with E-state index in [1.165, 1.54) is 0 Å². The van der Waals surface area contributed by atoms with E-state index in [0.29, 0.717) is 0 Å². The summed E-state index contributed by atoms with van der Waals surface area (Å²) in [6.45, 7) is 7.23. The van der Waals surface area contributed by atoms with Crippen LogP contribution < -0.4 is 5.73 Å². The van der Waals surface area contributed by atoms with Crippen LogP contribution in [0.1, 0.15) is 27.7 Å². The van der Waals surface area contributed by atoms with E-state index >= 15 is 0 Å². The van der Waals surface area contributed by atoms with Gasteiger partial charge in [-0.3, -0.25) is 4.79 Å². The number of rotatable bonds is 3. The van der Waals surface area contributed by atoms with E-state index in [2.05, 4.69) is 0 Å². The fourth-order valence-corrected chi connectivity index (χ4v) is 0.832. The number of carboxylic acid groups (broad SMARTS) is 1. The first kappa shape index (κ1) is 15.2. The molecule has 0 unspecified atom stereocenters. The second-order valence-corrected chi connectivity index (χ2v) is 3.80. The Morgan fingerprint density at radius 2 is 1.85 bits per heavy atom. The molecular formula is C8H18ClNO3. The van der Waals surface area contributed by atoms with Crippen molar-refractivity contribution in [3.05, 3.63) is 0 Å². The Balaban J connectivity index is 0. The van der Waals surface area contributed by atoms with Crippen LogP contribution in [0.5, 0.6) is 0 Å². The third-order valence-corrected chi connectivity index (χ3v) is 1.33. The van der Waals surface area contributed by atoms with E-state index in [0.717, 1.165) is 0 Å². The molecule has 13 heavy (non-hydrogen) atoms. The maximum Gasteiger partial charge on any atom is 0.323 e. The van der Waals surface area contributed by atoms with Crippen molar-refractivity contribution in [3.8, 4) is 0 Å². The number of aliphatic carboxylic acids is 1. The highest BCUT2D eigenvalue weighted by Crippen LogP contribution is 2.11. The Labute approximate surface area is 84.9 Å². The largest absolute Gasteiger partial charge is 0.480 e. The predicted molar refractivity (Wildman–Crippen MR) is 53.2 cm³/mol. The van der Waals surface area contributed by atoms with Gasteiger partial charge in [0.25, 0.3) is 0 Å². The van der Waals surface area contributed by atoms with Gasteiger partial charge >= 0.3 is 5.97 Å². The summed E-state index contributed by atoms with van der Waals surface area (Å²) >= 11 is 0. The Bertz CT molecular complexity index is 167. The van der Waals surface area contributed by atoms with Crippen LogP contribution in [0.2, 0.25) is 0 Å². The monoisotopic (exact) mass is 211 g/mol. The zero-order chi connectivity index (χ0) is 9.94. The van der Waals surface area contributed by atoms with Gasteiger partial charge in [-0.25, -0.2) is 0 Å². The molecule has 5 heteroatoms. The molecule has 0 aliphatic heterocycles. The Morgan fingerprint density at radius 1 is 1.46 bits per heavy atom. The van der Waals surface area contributed by atoms with Crippen molar-refractivity contribution in [1.82, 2.24) is 0 Å². The summed E-state index contributed by atoms with van der Waals surface area (Å²) in [5, 5.41) is 8.54. The zero-order valence-corrected chi connectivity index (χ0v) is 9.22.